The molecule has 0 aromatic carbocycles. The molecule has 19 heavy (non-hydrogen) atoms. The van der Waals surface area contributed by atoms with E-state index in [1.165, 1.54) is 0 Å². The molecule has 0 aromatic heterocycles. The normalized spacial score (nSPS) is 36.7. The van der Waals surface area contributed by atoms with Crippen LogP contribution in [0.25, 0.3) is 0 Å². The summed E-state index contributed by atoms with van der Waals surface area (Å²) in [5.74, 6) is 2.22. The predicted molar refractivity (Wildman–Crippen MR) is 79.7 cm³/mol. The number of ether oxygens (including phenoxy) is 1. The maximum Gasteiger partial charge on any atom is 0.317 e. The van der Waals surface area contributed by atoms with Gasteiger partial charge in [-0.2, -0.15) is 11.8 Å². The minimum absolute atomic E-state index is 0.112. The second-order valence-corrected chi connectivity index (χ2v) is 7.04. The largest absolute Gasteiger partial charge is 0.375 e. The first-order valence-corrected chi connectivity index (χ1v) is 8.52. The maximum absolute atomic E-state index is 12.4. The van der Waals surface area contributed by atoms with E-state index in [4.69, 9.17) is 4.74 Å². The molecule has 0 aliphatic carbocycles. The van der Waals surface area contributed by atoms with Crippen LogP contribution in [-0.4, -0.2) is 53.3 Å². The van der Waals surface area contributed by atoms with E-state index in [9.17, 15) is 4.79 Å². The van der Waals surface area contributed by atoms with E-state index in [0.29, 0.717) is 6.04 Å². The summed E-state index contributed by atoms with van der Waals surface area (Å²) < 4.78 is 5.72. The van der Waals surface area contributed by atoms with E-state index in [0.717, 1.165) is 37.3 Å². The smallest absolute Gasteiger partial charge is 0.317 e. The van der Waals surface area contributed by atoms with Crippen LogP contribution < -0.4 is 5.32 Å². The Bertz CT molecular complexity index is 304. The molecule has 0 unspecified atom stereocenters. The highest BCUT2D eigenvalue weighted by Gasteiger charge is 2.28. The minimum atomic E-state index is 0.112. The van der Waals surface area contributed by atoms with Gasteiger partial charge in [-0.15, -0.1) is 0 Å². The number of carbonyl (C=O) groups is 1. The first kappa shape index (κ1) is 15.0. The van der Waals surface area contributed by atoms with Crippen molar-refractivity contribution in [1.82, 2.24) is 10.2 Å². The zero-order valence-corrected chi connectivity index (χ0v) is 13.0. The lowest BCUT2D eigenvalue weighted by Gasteiger charge is -2.35. The van der Waals surface area contributed by atoms with Crippen LogP contribution in [0.15, 0.2) is 0 Å². The first-order chi connectivity index (χ1) is 9.06. The van der Waals surface area contributed by atoms with Gasteiger partial charge in [0.25, 0.3) is 0 Å². The molecule has 2 aliphatic rings. The standard InChI is InChI=1S/C14H26N2O2S/c1-10-4-6-19-7-5-16(10)14(17)15-13-8-11(2)18-12(3)9-13/h10-13H,4-9H2,1-3H3,(H,15,17)/t10-,11+,12+/m0/s1. The fourth-order valence-corrected chi connectivity index (χ4v) is 4.02. The second-order valence-electron chi connectivity index (χ2n) is 5.82. The zero-order chi connectivity index (χ0) is 13.8. The van der Waals surface area contributed by atoms with Crippen molar-refractivity contribution < 1.29 is 9.53 Å². The Kier molecular flexibility index (Phi) is 5.39. The molecule has 0 bridgehead atoms. The van der Waals surface area contributed by atoms with Crippen molar-refractivity contribution in [2.45, 2.75) is 64.3 Å². The molecular weight excluding hydrogens is 260 g/mol. The Labute approximate surface area is 120 Å². The van der Waals surface area contributed by atoms with Crippen molar-refractivity contribution in [2.75, 3.05) is 18.1 Å². The average Bonchev–Trinajstić information content (AvgIpc) is 2.52. The van der Waals surface area contributed by atoms with Crippen molar-refractivity contribution in [2.24, 2.45) is 0 Å². The first-order valence-electron chi connectivity index (χ1n) is 7.36. The summed E-state index contributed by atoms with van der Waals surface area (Å²) in [6.07, 6.45) is 3.43. The third kappa shape index (κ3) is 4.28. The number of thioether (sulfide) groups is 1. The molecule has 2 amide bonds. The van der Waals surface area contributed by atoms with Gasteiger partial charge in [0.1, 0.15) is 0 Å². The lowest BCUT2D eigenvalue weighted by atomic mass is 10.00. The molecule has 0 radical (unpaired) electrons. The number of carbonyl (C=O) groups excluding carboxylic acids is 1. The highest BCUT2D eigenvalue weighted by molar-refractivity contribution is 7.99. The molecule has 2 heterocycles. The van der Waals surface area contributed by atoms with E-state index in [1.807, 2.05) is 16.7 Å². The Morgan fingerprint density at radius 2 is 1.89 bits per heavy atom. The van der Waals surface area contributed by atoms with Gasteiger partial charge in [-0.25, -0.2) is 4.79 Å². The number of urea groups is 1. The highest BCUT2D eigenvalue weighted by atomic mass is 32.2. The van der Waals surface area contributed by atoms with Crippen LogP contribution in [0.4, 0.5) is 4.79 Å². The highest BCUT2D eigenvalue weighted by Crippen LogP contribution is 2.20. The zero-order valence-electron chi connectivity index (χ0n) is 12.2. The number of amides is 2. The lowest BCUT2D eigenvalue weighted by molar-refractivity contribution is -0.0408. The number of hydrogen-bond donors (Lipinski definition) is 1. The summed E-state index contributed by atoms with van der Waals surface area (Å²) in [5, 5.41) is 3.21. The third-order valence-corrected chi connectivity index (χ3v) is 4.97. The van der Waals surface area contributed by atoms with E-state index < -0.39 is 0 Å². The van der Waals surface area contributed by atoms with Gasteiger partial charge in [0.2, 0.25) is 0 Å². The number of nitrogens with zero attached hydrogens (tertiary/aromatic N) is 1. The monoisotopic (exact) mass is 286 g/mol. The Hall–Kier alpha value is -0.420. The van der Waals surface area contributed by atoms with Gasteiger partial charge in [0.05, 0.1) is 12.2 Å². The van der Waals surface area contributed by atoms with Crippen LogP contribution in [-0.2, 0) is 4.74 Å². The Morgan fingerprint density at radius 3 is 2.58 bits per heavy atom. The van der Waals surface area contributed by atoms with E-state index in [-0.39, 0.29) is 24.3 Å². The minimum Gasteiger partial charge on any atom is -0.375 e. The number of rotatable bonds is 1. The molecule has 2 rings (SSSR count). The molecule has 3 atom stereocenters. The Balaban J connectivity index is 1.88. The van der Waals surface area contributed by atoms with Crippen LogP contribution in [0.2, 0.25) is 0 Å². The van der Waals surface area contributed by atoms with Crippen molar-refractivity contribution in [1.29, 1.82) is 0 Å². The van der Waals surface area contributed by atoms with Crippen molar-refractivity contribution >= 4 is 17.8 Å². The predicted octanol–water partition coefficient (Wildman–Crippen LogP) is 2.48. The molecule has 0 saturated carbocycles. The summed E-state index contributed by atoms with van der Waals surface area (Å²) in [5.41, 5.74) is 0. The third-order valence-electron chi connectivity index (χ3n) is 3.97. The molecule has 0 aromatic rings. The summed E-state index contributed by atoms with van der Waals surface area (Å²) in [4.78, 5) is 14.4. The van der Waals surface area contributed by atoms with Crippen LogP contribution >= 0.6 is 11.8 Å². The second kappa shape index (κ2) is 6.84. The molecule has 2 aliphatic heterocycles. The van der Waals surface area contributed by atoms with Gasteiger partial charge in [0.15, 0.2) is 0 Å². The van der Waals surface area contributed by atoms with E-state index >= 15 is 0 Å². The Morgan fingerprint density at radius 1 is 1.21 bits per heavy atom. The number of nitrogens with one attached hydrogen (secondary N) is 1. The molecule has 2 saturated heterocycles. The van der Waals surface area contributed by atoms with Crippen LogP contribution in [0, 0.1) is 0 Å². The average molecular weight is 286 g/mol. The summed E-state index contributed by atoms with van der Waals surface area (Å²) in [6, 6.07) is 0.723. The van der Waals surface area contributed by atoms with Gasteiger partial charge >= 0.3 is 6.03 Å². The fraction of sp³-hybridized carbons (Fsp3) is 0.929. The topological polar surface area (TPSA) is 41.6 Å². The summed E-state index contributed by atoms with van der Waals surface area (Å²) in [6.45, 7) is 7.19. The number of hydrogen-bond acceptors (Lipinski definition) is 3. The fourth-order valence-electron chi connectivity index (χ4n) is 2.98. The van der Waals surface area contributed by atoms with Gasteiger partial charge in [-0.1, -0.05) is 0 Å². The lowest BCUT2D eigenvalue weighted by Crippen LogP contribution is -2.51. The molecule has 0 spiro atoms. The molecule has 5 heteroatoms. The molecule has 110 valence electrons. The van der Waals surface area contributed by atoms with Gasteiger partial charge in [-0.3, -0.25) is 0 Å². The van der Waals surface area contributed by atoms with E-state index in [2.05, 4.69) is 26.1 Å². The van der Waals surface area contributed by atoms with Crippen LogP contribution in [0.1, 0.15) is 40.0 Å². The van der Waals surface area contributed by atoms with Gasteiger partial charge in [0, 0.05) is 24.4 Å². The molecule has 1 N–H and O–H groups in total. The molecule has 4 nitrogen and oxygen atoms in total. The van der Waals surface area contributed by atoms with Gasteiger partial charge < -0.3 is 15.0 Å². The SMILES string of the molecule is C[C@@H]1CC(NC(=O)N2CCSCC[C@@H]2C)C[C@@H](C)O1. The summed E-state index contributed by atoms with van der Waals surface area (Å²) in [7, 11) is 0. The van der Waals surface area contributed by atoms with Crippen molar-refractivity contribution in [3.8, 4) is 0 Å². The van der Waals surface area contributed by atoms with Crippen molar-refractivity contribution in [3.05, 3.63) is 0 Å². The van der Waals surface area contributed by atoms with E-state index in [1.54, 1.807) is 0 Å². The summed E-state index contributed by atoms with van der Waals surface area (Å²) >= 11 is 1.95. The van der Waals surface area contributed by atoms with Crippen LogP contribution in [0.5, 0.6) is 0 Å². The van der Waals surface area contributed by atoms with Crippen LogP contribution in [0.3, 0.4) is 0 Å². The maximum atomic E-state index is 12.4. The van der Waals surface area contributed by atoms with Crippen molar-refractivity contribution in [3.63, 3.8) is 0 Å². The quantitative estimate of drug-likeness (QED) is 0.805. The molecule has 2 fully saturated rings. The molecular formula is C14H26N2O2S. The van der Waals surface area contributed by atoms with Gasteiger partial charge in [-0.05, 0) is 45.8 Å².